The number of aldehydes is 6. The Hall–Kier alpha value is -3.36. The van der Waals surface area contributed by atoms with Crippen LogP contribution in [0.1, 0.15) is 204 Å². The minimum atomic E-state index is -0.894. The van der Waals surface area contributed by atoms with Crippen LogP contribution in [0, 0.1) is 11.3 Å². The van der Waals surface area contributed by atoms with Crippen LogP contribution in [0.5, 0.6) is 0 Å². The lowest BCUT2D eigenvalue weighted by molar-refractivity contribution is -0.126. The molecule has 8 heteroatoms. The Morgan fingerprint density at radius 3 is 0.970 bits per heavy atom. The molecule has 6 nitrogen and oxygen atoms in total. The highest BCUT2D eigenvalue weighted by atomic mass is 79.9. The van der Waals surface area contributed by atoms with Gasteiger partial charge in [-0.25, -0.2) is 0 Å². The van der Waals surface area contributed by atoms with Crippen molar-refractivity contribution in [3.8, 4) is 0 Å². The molecule has 0 saturated heterocycles. The molecule has 0 aliphatic heterocycles. The molecule has 0 bridgehead atoms. The molecule has 0 aromatic rings. The van der Waals surface area contributed by atoms with Crippen molar-refractivity contribution in [2.24, 2.45) is 11.3 Å². The van der Waals surface area contributed by atoms with E-state index in [9.17, 15) is 28.8 Å². The lowest BCUT2D eigenvalue weighted by Gasteiger charge is -2.18. The smallest absolute Gasteiger partial charge is 0.133 e. The Kier molecular flexibility index (Phi) is 74.8. The predicted octanol–water partition coefficient (Wildman–Crippen LogP) is 18.4. The zero-order valence-corrected chi connectivity index (χ0v) is 44.5. The summed E-state index contributed by atoms with van der Waals surface area (Å²) in [5.41, 5.74) is 11.1. The number of rotatable bonds is 26. The Labute approximate surface area is 426 Å². The zero-order chi connectivity index (χ0) is 48.8. The Bertz CT molecular complexity index is 1470. The normalized spacial score (nSPS) is 10.4. The van der Waals surface area contributed by atoms with Crippen LogP contribution in [0.3, 0.4) is 0 Å². The molecule has 0 rings (SSSR count). The molecule has 0 unspecified atom stereocenters. The number of halogens is 2. The first-order valence-corrected chi connectivity index (χ1v) is 24.1. The third-order valence-electron chi connectivity index (χ3n) is 8.69. The van der Waals surface area contributed by atoms with Gasteiger partial charge in [0.25, 0.3) is 0 Å². The van der Waals surface area contributed by atoms with Crippen molar-refractivity contribution in [3.63, 3.8) is 0 Å². The SMILES string of the molecule is C.C.C.C.CC(C)=CCBr.CC(C)=CCC/C(C)=C/CC(C=O)(C=O)CC=C(C)C.CC(C)=CCC/C(C)=C/CC(C=O)C=O.CC(C)=CCC/C(C)=C/CC/C(C)=C/CBr.O=CCC=O. The third kappa shape index (κ3) is 69.7. The fourth-order valence-corrected chi connectivity index (χ4v) is 5.79. The van der Waals surface area contributed by atoms with Crippen molar-refractivity contribution in [2.75, 3.05) is 10.7 Å². The van der Waals surface area contributed by atoms with Crippen molar-refractivity contribution >= 4 is 69.6 Å². The number of carbonyl (C=O) groups excluding carboxylic acids is 6. The van der Waals surface area contributed by atoms with Gasteiger partial charge in [-0.1, -0.05) is 166 Å². The van der Waals surface area contributed by atoms with E-state index in [4.69, 9.17) is 0 Å². The highest BCUT2D eigenvalue weighted by molar-refractivity contribution is 9.09. The predicted molar refractivity (Wildman–Crippen MR) is 304 cm³/mol. The fraction of sp³-hybridized carbons (Fsp3) is 0.586. The van der Waals surface area contributed by atoms with Crippen LogP contribution in [0.4, 0.5) is 0 Å². The molecule has 0 heterocycles. The standard InChI is InChI=1S/C18H28O2.C15H25Br.C13H20O2.C5H9Br.C3H4O2.4CH4/c1-15(2)7-6-8-17(5)10-12-18(13-19,14-20)11-9-16(3)4;1-13(2)7-5-8-14(3)9-6-10-15(4)11-12-16;1-11(2)5-4-6-12(3)7-8-13(9-14)10-15;1-5(2)3-4-6;4-2-1-3-5;;;;/h7,9-10,13-14H,6,8,11-12H2,1-5H3;7,9,11H,5-6,8,10,12H2,1-4H3;5,7,9-10,13H,4,6,8H2,1-3H3;3H,4H2,1-2H3;2-3H,1H2;4*1H4/b17-10+;14-9+,15-11+;12-7+;;;;;;. The molecule has 0 amide bonds. The van der Waals surface area contributed by atoms with E-state index in [1.54, 1.807) is 0 Å². The van der Waals surface area contributed by atoms with Crippen molar-refractivity contribution in [2.45, 2.75) is 204 Å². The van der Waals surface area contributed by atoms with Crippen molar-refractivity contribution in [1.82, 2.24) is 0 Å². The summed E-state index contributed by atoms with van der Waals surface area (Å²) in [5.74, 6) is -0.469. The largest absolute Gasteiger partial charge is 0.303 e. The highest BCUT2D eigenvalue weighted by Gasteiger charge is 2.26. The first kappa shape index (κ1) is 82.7. The molecule has 0 atom stereocenters. The van der Waals surface area contributed by atoms with Gasteiger partial charge >= 0.3 is 0 Å². The van der Waals surface area contributed by atoms with Gasteiger partial charge in [0.15, 0.2) is 0 Å². The molecule has 384 valence electrons. The number of alkyl halides is 2. The van der Waals surface area contributed by atoms with Gasteiger partial charge in [0.2, 0.25) is 0 Å². The molecular weight excluding hydrogens is 952 g/mol. The summed E-state index contributed by atoms with van der Waals surface area (Å²) in [5, 5.41) is 1.96. The number of hydrogen-bond donors (Lipinski definition) is 0. The first-order chi connectivity index (χ1) is 29.2. The maximum atomic E-state index is 11.3. The van der Waals surface area contributed by atoms with E-state index >= 15 is 0 Å². The van der Waals surface area contributed by atoms with Gasteiger partial charge in [-0.05, 0) is 168 Å². The van der Waals surface area contributed by atoms with Gasteiger partial charge in [-0.15, -0.1) is 0 Å². The average Bonchev–Trinajstić information content (AvgIpc) is 3.19. The molecule has 0 N–H and O–H groups in total. The molecule has 0 aromatic heterocycles. The Morgan fingerprint density at radius 1 is 0.394 bits per heavy atom. The van der Waals surface area contributed by atoms with E-state index < -0.39 is 11.3 Å². The second-order valence-corrected chi connectivity index (χ2v) is 18.0. The first-order valence-electron chi connectivity index (χ1n) is 21.8. The third-order valence-corrected chi connectivity index (χ3v) is 9.33. The van der Waals surface area contributed by atoms with E-state index in [-0.39, 0.29) is 36.1 Å². The van der Waals surface area contributed by atoms with Gasteiger partial charge in [-0.2, -0.15) is 0 Å². The average molecular weight is 1060 g/mol. The van der Waals surface area contributed by atoms with Crippen molar-refractivity contribution in [3.05, 3.63) is 105 Å². The Morgan fingerprint density at radius 2 is 0.697 bits per heavy atom. The number of hydrogen-bond acceptors (Lipinski definition) is 6. The Balaban J connectivity index is -0.0000000925. The molecule has 0 aromatic carbocycles. The van der Waals surface area contributed by atoms with E-state index in [0.29, 0.717) is 44.4 Å². The molecular formula is C58H102Br2O6. The summed E-state index contributed by atoms with van der Waals surface area (Å²) in [7, 11) is 0. The van der Waals surface area contributed by atoms with Crippen LogP contribution in [0.25, 0.3) is 0 Å². The maximum absolute atomic E-state index is 11.3. The summed E-state index contributed by atoms with van der Waals surface area (Å²) in [6, 6.07) is 0. The quantitative estimate of drug-likeness (QED) is 0.0370. The molecule has 66 heavy (non-hydrogen) atoms. The molecule has 0 aliphatic rings. The monoisotopic (exact) mass is 1050 g/mol. The van der Waals surface area contributed by atoms with Crippen LogP contribution in [-0.2, 0) is 28.8 Å². The summed E-state index contributed by atoms with van der Waals surface area (Å²) in [6.45, 7) is 29.3. The van der Waals surface area contributed by atoms with E-state index in [2.05, 4.69) is 144 Å². The lowest BCUT2D eigenvalue weighted by Crippen LogP contribution is -2.23. The minimum absolute atomic E-state index is 0. The van der Waals surface area contributed by atoms with Crippen LogP contribution in [-0.4, -0.2) is 48.4 Å². The molecule has 0 saturated carbocycles. The number of carbonyl (C=O) groups is 6. The zero-order valence-electron chi connectivity index (χ0n) is 41.3. The van der Waals surface area contributed by atoms with E-state index in [1.807, 2.05) is 39.0 Å². The van der Waals surface area contributed by atoms with E-state index in [1.165, 1.54) is 70.3 Å². The molecule has 0 aliphatic carbocycles. The molecule has 0 fully saturated rings. The summed E-state index contributed by atoms with van der Waals surface area (Å²) >= 11 is 6.69. The summed E-state index contributed by atoms with van der Waals surface area (Å²) in [4.78, 5) is 61.7. The summed E-state index contributed by atoms with van der Waals surface area (Å²) < 4.78 is 0. The van der Waals surface area contributed by atoms with Crippen LogP contribution in [0.2, 0.25) is 0 Å². The van der Waals surface area contributed by atoms with Gasteiger partial charge in [0, 0.05) is 10.7 Å². The second-order valence-electron chi connectivity index (χ2n) is 16.7. The fourth-order valence-electron chi connectivity index (χ4n) is 4.59. The highest BCUT2D eigenvalue weighted by Crippen LogP contribution is 2.25. The van der Waals surface area contributed by atoms with E-state index in [0.717, 1.165) is 54.5 Å². The van der Waals surface area contributed by atoms with Gasteiger partial charge in [0.1, 0.15) is 37.7 Å². The van der Waals surface area contributed by atoms with Crippen LogP contribution < -0.4 is 0 Å². The number of allylic oxidation sites excluding steroid dienone is 18. The van der Waals surface area contributed by atoms with Crippen molar-refractivity contribution < 1.29 is 28.8 Å². The van der Waals surface area contributed by atoms with Crippen molar-refractivity contribution in [1.29, 1.82) is 0 Å². The lowest BCUT2D eigenvalue weighted by atomic mass is 9.83. The van der Waals surface area contributed by atoms with Gasteiger partial charge < -0.3 is 28.8 Å². The molecule has 0 spiro atoms. The van der Waals surface area contributed by atoms with Crippen LogP contribution >= 0.6 is 31.9 Å². The minimum Gasteiger partial charge on any atom is -0.303 e. The van der Waals surface area contributed by atoms with Gasteiger partial charge in [-0.3, -0.25) is 0 Å². The molecule has 0 radical (unpaired) electrons. The second kappa shape index (κ2) is 59.7. The topological polar surface area (TPSA) is 102 Å². The van der Waals surface area contributed by atoms with Gasteiger partial charge in [0.05, 0.1) is 17.8 Å². The summed E-state index contributed by atoms with van der Waals surface area (Å²) in [6.07, 6.45) is 33.8. The van der Waals surface area contributed by atoms with Crippen LogP contribution in [0.15, 0.2) is 105 Å². The maximum Gasteiger partial charge on any atom is 0.133 e.